The average molecular weight is 682 g/mol. The number of piperidine rings is 2. The van der Waals surface area contributed by atoms with Crippen LogP contribution in [0.3, 0.4) is 0 Å². The van der Waals surface area contributed by atoms with E-state index in [0.717, 1.165) is 35.6 Å². The van der Waals surface area contributed by atoms with Gasteiger partial charge in [-0.05, 0) is 138 Å². The molecule has 0 bridgehead atoms. The number of aliphatic carboxylic acids is 1. The van der Waals surface area contributed by atoms with Crippen molar-refractivity contribution in [3.05, 3.63) is 22.8 Å². The third-order valence-electron chi connectivity index (χ3n) is 12.6. The molecule has 5 nitrogen and oxygen atoms in total. The van der Waals surface area contributed by atoms with E-state index in [1.807, 2.05) is 6.92 Å². The highest BCUT2D eigenvalue weighted by Gasteiger charge is 2.65. The summed E-state index contributed by atoms with van der Waals surface area (Å²) in [5, 5.41) is 13.3. The maximum absolute atomic E-state index is 14.0. The lowest BCUT2D eigenvalue weighted by molar-refractivity contribution is -0.143. The van der Waals surface area contributed by atoms with E-state index >= 15 is 0 Å². The number of alkyl halides is 2. The first kappa shape index (κ1) is 30.5. The van der Waals surface area contributed by atoms with Gasteiger partial charge in [0.2, 0.25) is 0 Å². The van der Waals surface area contributed by atoms with Gasteiger partial charge in [-0.15, -0.1) is 0 Å². The molecule has 4 fully saturated rings. The number of halogens is 2. The molecule has 4 unspecified atom stereocenters. The maximum Gasteiger partial charge on any atom is 0.308 e. The van der Waals surface area contributed by atoms with Gasteiger partial charge in [-0.25, -0.2) is 4.39 Å². The Morgan fingerprint density at radius 2 is 1.93 bits per heavy atom. The molecule has 0 aromatic rings. The van der Waals surface area contributed by atoms with Crippen molar-refractivity contribution in [3.8, 4) is 0 Å². The fraction of sp³-hybridized carbons (Fsp3) is 0.853. The number of likely N-dealkylation sites (tertiary alicyclic amines) is 1. The van der Waals surface area contributed by atoms with Gasteiger partial charge in [-0.1, -0.05) is 41.2 Å². The largest absolute Gasteiger partial charge is 0.481 e. The van der Waals surface area contributed by atoms with Crippen LogP contribution in [0.4, 0.5) is 4.39 Å². The fourth-order valence-electron chi connectivity index (χ4n) is 9.62. The second-order valence-electron chi connectivity index (χ2n) is 15.0. The molecule has 0 aromatic heterocycles. The Labute approximate surface area is 261 Å². The molecule has 230 valence electrons. The molecular weight excluding hydrogens is 628 g/mol. The summed E-state index contributed by atoms with van der Waals surface area (Å²) in [6.45, 7) is 11.5. The van der Waals surface area contributed by atoms with Gasteiger partial charge >= 0.3 is 5.97 Å². The molecule has 2 saturated carbocycles. The van der Waals surface area contributed by atoms with Crippen LogP contribution in [0.15, 0.2) is 22.8 Å². The van der Waals surface area contributed by atoms with E-state index in [4.69, 9.17) is 0 Å². The number of carboxylic acids is 1. The summed E-state index contributed by atoms with van der Waals surface area (Å²) in [7, 11) is 2.31. The maximum atomic E-state index is 14.0. The highest BCUT2D eigenvalue weighted by atomic mass is 127. The standard InChI is InChI=1S/C34H53FIN3O2/c1-20-24(15-28(22-5-6-22)32(29(20)17-36)23-7-9-25(35)10-8-23)18-39-13-11-26(12-14-39)38(4)19-31-30-16-27(33(40)41)21(2)37-34(30,31)3/h7,20-22,24-28,30-31,37H,5-6,8-19H2,1-4H3,(H,40,41)/t20-,21+,24?,25+,27+,28-,30?,31?,34?/m1/s1. The molecule has 4 aliphatic carbocycles. The minimum absolute atomic E-state index is 0.0505. The molecule has 0 radical (unpaired) electrons. The lowest BCUT2D eigenvalue weighted by Crippen LogP contribution is -2.50. The van der Waals surface area contributed by atoms with Crippen molar-refractivity contribution >= 4 is 28.6 Å². The van der Waals surface area contributed by atoms with E-state index in [-0.39, 0.29) is 17.5 Å². The van der Waals surface area contributed by atoms with Crippen LogP contribution in [0, 0.1) is 41.4 Å². The molecule has 0 spiro atoms. The van der Waals surface area contributed by atoms with E-state index in [0.29, 0.717) is 42.6 Å². The van der Waals surface area contributed by atoms with E-state index in [2.05, 4.69) is 64.7 Å². The monoisotopic (exact) mass is 681 g/mol. The fourth-order valence-corrected chi connectivity index (χ4v) is 10.7. The van der Waals surface area contributed by atoms with Crippen molar-refractivity contribution in [1.29, 1.82) is 0 Å². The zero-order valence-electron chi connectivity index (χ0n) is 25.8. The summed E-state index contributed by atoms with van der Waals surface area (Å²) in [4.78, 5) is 17.1. The van der Waals surface area contributed by atoms with Gasteiger partial charge in [0.1, 0.15) is 6.17 Å². The van der Waals surface area contributed by atoms with Gasteiger partial charge in [0.25, 0.3) is 0 Å². The topological polar surface area (TPSA) is 55.8 Å². The first-order valence-electron chi connectivity index (χ1n) is 16.7. The zero-order chi connectivity index (χ0) is 29.1. The highest BCUT2D eigenvalue weighted by Crippen LogP contribution is 2.57. The number of nitrogens with zero attached hydrogens (tertiary/aromatic N) is 2. The van der Waals surface area contributed by atoms with Crippen molar-refractivity contribution in [3.63, 3.8) is 0 Å². The van der Waals surface area contributed by atoms with Gasteiger partial charge in [0, 0.05) is 35.1 Å². The van der Waals surface area contributed by atoms with E-state index in [1.54, 1.807) is 11.1 Å². The molecule has 2 aliphatic heterocycles. The Balaban J connectivity index is 1.04. The molecule has 2 saturated heterocycles. The van der Waals surface area contributed by atoms with E-state index in [9.17, 15) is 14.3 Å². The number of allylic oxidation sites excluding steroid dienone is 4. The van der Waals surface area contributed by atoms with Gasteiger partial charge in [0.05, 0.1) is 5.92 Å². The van der Waals surface area contributed by atoms with Crippen LogP contribution in [-0.2, 0) is 4.79 Å². The van der Waals surface area contributed by atoms with E-state index < -0.39 is 12.1 Å². The second kappa shape index (κ2) is 12.1. The van der Waals surface area contributed by atoms with Crippen molar-refractivity contribution in [2.75, 3.05) is 37.7 Å². The van der Waals surface area contributed by atoms with Crippen LogP contribution in [0.1, 0.15) is 78.6 Å². The summed E-state index contributed by atoms with van der Waals surface area (Å²) in [5.41, 5.74) is 4.97. The molecule has 41 heavy (non-hydrogen) atoms. The van der Waals surface area contributed by atoms with Crippen LogP contribution >= 0.6 is 22.6 Å². The Hall–Kier alpha value is -0.510. The SMILES string of the molecule is C[C@@H]1NC2(C)C(C[C@@H]1C(=O)O)C2CN(C)C1CCN(CC2C[C@H](C3CC3)C(C3=CC[C@H](F)CC3)=C(CI)[C@@H]2C)CC1. The zero-order valence-corrected chi connectivity index (χ0v) is 27.9. The molecule has 6 rings (SSSR count). The summed E-state index contributed by atoms with van der Waals surface area (Å²) in [5.74, 6) is 3.05. The lowest BCUT2D eigenvalue weighted by atomic mass is 9.66. The molecule has 0 amide bonds. The third-order valence-corrected chi connectivity index (χ3v) is 13.4. The van der Waals surface area contributed by atoms with Crippen LogP contribution in [0.5, 0.6) is 0 Å². The number of rotatable bonds is 9. The predicted molar refractivity (Wildman–Crippen MR) is 172 cm³/mol. The third kappa shape index (κ3) is 6.09. The van der Waals surface area contributed by atoms with Gasteiger partial charge in [-0.2, -0.15) is 0 Å². The lowest BCUT2D eigenvalue weighted by Gasteiger charge is -2.44. The Bertz CT molecular complexity index is 1050. The second-order valence-corrected chi connectivity index (χ2v) is 15.7. The average Bonchev–Trinajstić information content (AvgIpc) is 3.87. The van der Waals surface area contributed by atoms with Gasteiger partial charge < -0.3 is 20.2 Å². The summed E-state index contributed by atoms with van der Waals surface area (Å²) >= 11 is 2.60. The Morgan fingerprint density at radius 1 is 1.20 bits per heavy atom. The van der Waals surface area contributed by atoms with Crippen molar-refractivity contribution in [2.45, 2.75) is 102 Å². The molecule has 2 heterocycles. The van der Waals surface area contributed by atoms with Crippen LogP contribution in [0.2, 0.25) is 0 Å². The van der Waals surface area contributed by atoms with Crippen LogP contribution in [-0.4, -0.2) is 82.3 Å². The minimum Gasteiger partial charge on any atom is -0.481 e. The molecule has 0 aromatic carbocycles. The molecule has 2 N–H and O–H groups in total. The van der Waals surface area contributed by atoms with Gasteiger partial charge in [0.15, 0.2) is 0 Å². The first-order chi connectivity index (χ1) is 19.6. The number of carbonyl (C=O) groups is 1. The highest BCUT2D eigenvalue weighted by molar-refractivity contribution is 14.1. The number of nitrogens with one attached hydrogen (secondary N) is 1. The molecule has 9 atom stereocenters. The quantitative estimate of drug-likeness (QED) is 0.220. The van der Waals surface area contributed by atoms with Crippen molar-refractivity contribution in [1.82, 2.24) is 15.1 Å². The van der Waals surface area contributed by atoms with E-state index in [1.165, 1.54) is 57.3 Å². The van der Waals surface area contributed by atoms with Crippen LogP contribution in [0.25, 0.3) is 0 Å². The smallest absolute Gasteiger partial charge is 0.308 e. The summed E-state index contributed by atoms with van der Waals surface area (Å²) < 4.78 is 15.1. The van der Waals surface area contributed by atoms with Crippen molar-refractivity contribution in [2.24, 2.45) is 41.4 Å². The normalized spacial score (nSPS) is 42.3. The van der Waals surface area contributed by atoms with Crippen molar-refractivity contribution < 1.29 is 14.3 Å². The Kier molecular flexibility index (Phi) is 9.02. The molecule has 6 aliphatic rings. The summed E-state index contributed by atoms with van der Waals surface area (Å²) in [6, 6.07) is 0.677. The van der Waals surface area contributed by atoms with Crippen LogP contribution < -0.4 is 5.32 Å². The predicted octanol–water partition coefficient (Wildman–Crippen LogP) is 6.33. The van der Waals surface area contributed by atoms with Gasteiger partial charge in [-0.3, -0.25) is 4.79 Å². The number of hydrogen-bond acceptors (Lipinski definition) is 4. The first-order valence-corrected chi connectivity index (χ1v) is 18.2. The number of fused-ring (bicyclic) bond motifs is 1. The number of carboxylic acid groups (broad SMARTS) is 1. The summed E-state index contributed by atoms with van der Waals surface area (Å²) in [6.07, 6.45) is 11.3. The molecular formula is C34H53FIN3O2. The number of hydrogen-bond donors (Lipinski definition) is 2. The molecule has 7 heteroatoms. The Morgan fingerprint density at radius 3 is 2.54 bits per heavy atom. The minimum atomic E-state index is -0.646.